The summed E-state index contributed by atoms with van der Waals surface area (Å²) in [6, 6.07) is 14.5. The van der Waals surface area contributed by atoms with Gasteiger partial charge in [0, 0.05) is 29.8 Å². The van der Waals surface area contributed by atoms with Crippen molar-refractivity contribution in [1.82, 2.24) is 0 Å². The van der Waals surface area contributed by atoms with E-state index >= 15 is 0 Å². The summed E-state index contributed by atoms with van der Waals surface area (Å²) in [6.45, 7) is 6.36. The zero-order chi connectivity index (χ0) is 17.3. The second kappa shape index (κ2) is 6.45. The summed E-state index contributed by atoms with van der Waals surface area (Å²) in [5.41, 5.74) is 2.01. The first-order valence-corrected chi connectivity index (χ1v) is 8.42. The van der Waals surface area contributed by atoms with E-state index in [1.165, 1.54) is 16.3 Å². The van der Waals surface area contributed by atoms with Crippen molar-refractivity contribution in [3.63, 3.8) is 0 Å². The van der Waals surface area contributed by atoms with E-state index in [4.69, 9.17) is 16.3 Å². The van der Waals surface area contributed by atoms with E-state index in [0.29, 0.717) is 5.02 Å². The molecule has 3 heteroatoms. The van der Waals surface area contributed by atoms with Gasteiger partial charge in [0.15, 0.2) is 17.9 Å². The lowest BCUT2D eigenvalue weighted by Gasteiger charge is -2.25. The fourth-order valence-electron chi connectivity index (χ4n) is 3.13. The van der Waals surface area contributed by atoms with Crippen LogP contribution in [0.15, 0.2) is 54.9 Å². The zero-order valence-corrected chi connectivity index (χ0v) is 15.3. The maximum absolute atomic E-state index is 6.13. The van der Waals surface area contributed by atoms with Crippen molar-refractivity contribution in [1.29, 1.82) is 0 Å². The lowest BCUT2D eigenvalue weighted by atomic mass is 9.87. The molecule has 3 aromatic rings. The van der Waals surface area contributed by atoms with E-state index in [1.807, 2.05) is 18.2 Å². The predicted molar refractivity (Wildman–Crippen MR) is 99.6 cm³/mol. The molecular formula is C21H22ClNO+. The Morgan fingerprint density at radius 1 is 1.08 bits per heavy atom. The number of nitrogens with zero attached hydrogens (tertiary/aromatic N) is 1. The molecule has 0 N–H and O–H groups in total. The lowest BCUT2D eigenvalue weighted by molar-refractivity contribution is -0.741. The van der Waals surface area contributed by atoms with Crippen LogP contribution in [0.2, 0.25) is 5.02 Å². The number of aryl methyl sites for hydroxylation is 1. The molecule has 0 aliphatic rings. The summed E-state index contributed by atoms with van der Waals surface area (Å²) in [5.74, 6) is 0.791. The monoisotopic (exact) mass is 339 g/mol. The number of aromatic nitrogens is 1. The van der Waals surface area contributed by atoms with Gasteiger partial charge >= 0.3 is 0 Å². The number of benzene rings is 2. The molecule has 0 aliphatic carbocycles. The minimum atomic E-state index is -0.338. The molecule has 0 saturated carbocycles. The highest BCUT2D eigenvalue weighted by atomic mass is 35.5. The largest absolute Gasteiger partial charge is 0.496 e. The van der Waals surface area contributed by atoms with Crippen LogP contribution in [0.25, 0.3) is 10.8 Å². The van der Waals surface area contributed by atoms with Crippen LogP contribution >= 0.6 is 11.6 Å². The van der Waals surface area contributed by atoms with Crippen LogP contribution in [0.5, 0.6) is 5.75 Å². The Bertz CT molecular complexity index is 890. The fourth-order valence-corrected chi connectivity index (χ4v) is 3.29. The van der Waals surface area contributed by atoms with Crippen LogP contribution in [-0.4, -0.2) is 7.11 Å². The van der Waals surface area contributed by atoms with Gasteiger partial charge in [-0.1, -0.05) is 36.2 Å². The van der Waals surface area contributed by atoms with Crippen molar-refractivity contribution >= 4 is 22.4 Å². The molecule has 1 heterocycles. The Balaban J connectivity index is 2.18. The number of methoxy groups -OCH3 is 1. The predicted octanol–water partition coefficient (Wildman–Crippen LogP) is 5.09. The Kier molecular flexibility index (Phi) is 4.51. The number of pyridine rings is 1. The fraction of sp³-hybridized carbons (Fsp3) is 0.238. The van der Waals surface area contributed by atoms with E-state index in [2.05, 4.69) is 68.4 Å². The Hall–Kier alpha value is -2.06. The van der Waals surface area contributed by atoms with Gasteiger partial charge in [-0.05, 0) is 36.6 Å². The van der Waals surface area contributed by atoms with Crippen LogP contribution in [0.1, 0.15) is 25.0 Å². The molecule has 1 aromatic heterocycles. The summed E-state index contributed by atoms with van der Waals surface area (Å²) >= 11 is 6.13. The number of fused-ring (bicyclic) bond motifs is 1. The van der Waals surface area contributed by atoms with Crippen molar-refractivity contribution in [3.05, 3.63) is 77.4 Å². The average Bonchev–Trinajstić information content (AvgIpc) is 2.60. The molecule has 1 radical (unpaired) electrons. The van der Waals surface area contributed by atoms with Crippen molar-refractivity contribution < 1.29 is 9.30 Å². The van der Waals surface area contributed by atoms with Gasteiger partial charge in [0.2, 0.25) is 0 Å². The summed E-state index contributed by atoms with van der Waals surface area (Å²) in [5, 5.41) is 3.13. The molecule has 1 unspecified atom stereocenters. The molecule has 3 rings (SSSR count). The highest BCUT2D eigenvalue weighted by molar-refractivity contribution is 6.30. The van der Waals surface area contributed by atoms with Crippen LogP contribution < -0.4 is 9.30 Å². The van der Waals surface area contributed by atoms with Crippen molar-refractivity contribution in [2.45, 2.75) is 26.3 Å². The van der Waals surface area contributed by atoms with Crippen LogP contribution in [0.4, 0.5) is 0 Å². The molecule has 2 nitrogen and oxygen atoms in total. The van der Waals surface area contributed by atoms with Gasteiger partial charge in [0.05, 0.1) is 12.7 Å². The van der Waals surface area contributed by atoms with E-state index in [-0.39, 0.29) is 5.54 Å². The third kappa shape index (κ3) is 2.87. The van der Waals surface area contributed by atoms with Gasteiger partial charge < -0.3 is 4.74 Å². The van der Waals surface area contributed by atoms with Gasteiger partial charge in [0.1, 0.15) is 5.75 Å². The molecule has 1 atom stereocenters. The molecule has 0 saturated heterocycles. The van der Waals surface area contributed by atoms with Crippen molar-refractivity contribution in [2.75, 3.05) is 7.11 Å². The summed E-state index contributed by atoms with van der Waals surface area (Å²) in [4.78, 5) is 0. The number of ether oxygens (including phenoxy) is 1. The second-order valence-corrected chi connectivity index (χ2v) is 6.70. The van der Waals surface area contributed by atoms with Gasteiger partial charge in [-0.15, -0.1) is 0 Å². The summed E-state index contributed by atoms with van der Waals surface area (Å²) in [7, 11) is 1.68. The molecule has 2 aromatic carbocycles. The first-order chi connectivity index (χ1) is 11.5. The van der Waals surface area contributed by atoms with Gasteiger partial charge in [0.25, 0.3) is 0 Å². The SMILES string of the molecule is C[CH]C(C)(c1ccc(Cl)cc1OC)[n+]1ccc2cc(C)ccc2c1. The number of rotatable bonds is 4. The molecular weight excluding hydrogens is 318 g/mol. The first-order valence-electron chi connectivity index (χ1n) is 8.04. The topological polar surface area (TPSA) is 13.1 Å². The average molecular weight is 340 g/mol. The molecule has 0 fully saturated rings. The minimum absolute atomic E-state index is 0.338. The third-order valence-corrected chi connectivity index (χ3v) is 4.98. The van der Waals surface area contributed by atoms with Crippen molar-refractivity contribution in [2.24, 2.45) is 0 Å². The third-order valence-electron chi connectivity index (χ3n) is 4.74. The maximum atomic E-state index is 6.13. The minimum Gasteiger partial charge on any atom is -0.496 e. The molecule has 0 bridgehead atoms. The number of hydrogen-bond acceptors (Lipinski definition) is 1. The highest BCUT2D eigenvalue weighted by Gasteiger charge is 2.37. The van der Waals surface area contributed by atoms with E-state index in [9.17, 15) is 0 Å². The zero-order valence-electron chi connectivity index (χ0n) is 14.5. The van der Waals surface area contributed by atoms with E-state index in [1.54, 1.807) is 7.11 Å². The highest BCUT2D eigenvalue weighted by Crippen LogP contribution is 2.34. The molecule has 123 valence electrons. The Morgan fingerprint density at radius 2 is 1.88 bits per heavy atom. The molecule has 0 amide bonds. The lowest BCUT2D eigenvalue weighted by Crippen LogP contribution is -2.54. The second-order valence-electron chi connectivity index (χ2n) is 6.27. The van der Waals surface area contributed by atoms with Crippen molar-refractivity contribution in [3.8, 4) is 5.75 Å². The van der Waals surface area contributed by atoms with Gasteiger partial charge in [-0.2, -0.15) is 4.57 Å². The first kappa shape index (κ1) is 16.8. The quantitative estimate of drug-likeness (QED) is 0.604. The van der Waals surface area contributed by atoms with Gasteiger partial charge in [-0.25, -0.2) is 0 Å². The number of halogens is 1. The summed E-state index contributed by atoms with van der Waals surface area (Å²) in [6.07, 6.45) is 6.48. The normalized spacial score (nSPS) is 13.7. The van der Waals surface area contributed by atoms with E-state index in [0.717, 1.165) is 11.3 Å². The van der Waals surface area contributed by atoms with Crippen LogP contribution in [0, 0.1) is 13.3 Å². The van der Waals surface area contributed by atoms with E-state index < -0.39 is 0 Å². The smallest absolute Gasteiger partial charge is 0.197 e. The maximum Gasteiger partial charge on any atom is 0.197 e. The van der Waals surface area contributed by atoms with Crippen LogP contribution in [0.3, 0.4) is 0 Å². The Morgan fingerprint density at radius 3 is 2.58 bits per heavy atom. The standard InChI is InChI=1S/C21H22ClNO/c1-5-21(3,19-9-8-18(22)13-20(19)24-4)23-11-10-16-12-15(2)6-7-17(16)14-23/h5-14H,1-4H3/q+1. The number of hydrogen-bond donors (Lipinski definition) is 0. The van der Waals surface area contributed by atoms with Gasteiger partial charge in [-0.3, -0.25) is 0 Å². The molecule has 0 aliphatic heterocycles. The molecule has 24 heavy (non-hydrogen) atoms. The molecule has 0 spiro atoms. The summed E-state index contributed by atoms with van der Waals surface area (Å²) < 4.78 is 7.80. The Labute approximate surface area is 148 Å². The van der Waals surface area contributed by atoms with Crippen LogP contribution in [-0.2, 0) is 5.54 Å².